The molecule has 110 valence electrons. The van der Waals surface area contributed by atoms with E-state index >= 15 is 0 Å². The molecule has 3 nitrogen and oxygen atoms in total. The number of ether oxygens (including phenoxy) is 2. The van der Waals surface area contributed by atoms with Gasteiger partial charge in [0, 0.05) is 25.0 Å². The van der Waals surface area contributed by atoms with E-state index in [-0.39, 0.29) is 12.7 Å². The first-order chi connectivity index (χ1) is 8.85. The number of aliphatic hydroxyl groups excluding tert-OH is 1. The lowest BCUT2D eigenvalue weighted by atomic mass is 10.2. The van der Waals surface area contributed by atoms with Crippen LogP contribution >= 0.6 is 23.2 Å². The molecule has 0 aromatic rings. The van der Waals surface area contributed by atoms with Crippen molar-refractivity contribution in [2.45, 2.75) is 44.6 Å². The summed E-state index contributed by atoms with van der Waals surface area (Å²) in [6.07, 6.45) is 6.01. The molecular formula is C13H26Cl2O3. The Kier molecular flexibility index (Phi) is 15.9. The van der Waals surface area contributed by atoms with Crippen molar-refractivity contribution in [3.8, 4) is 0 Å². The van der Waals surface area contributed by atoms with Crippen molar-refractivity contribution in [3.05, 3.63) is 0 Å². The third-order valence-electron chi connectivity index (χ3n) is 2.56. The zero-order valence-electron chi connectivity index (χ0n) is 11.1. The maximum Gasteiger partial charge on any atom is 0.104 e. The van der Waals surface area contributed by atoms with Gasteiger partial charge in [0.25, 0.3) is 0 Å². The Balaban J connectivity index is 3.29. The number of unbranched alkanes of at least 4 members (excludes halogenated alkanes) is 4. The van der Waals surface area contributed by atoms with Gasteiger partial charge in [-0.25, -0.2) is 0 Å². The lowest BCUT2D eigenvalue weighted by molar-refractivity contribution is -0.0436. The topological polar surface area (TPSA) is 38.7 Å². The molecule has 0 aliphatic heterocycles. The predicted molar refractivity (Wildman–Crippen MR) is 76.8 cm³/mol. The van der Waals surface area contributed by atoms with Crippen molar-refractivity contribution in [1.82, 2.24) is 0 Å². The predicted octanol–water partition coefficient (Wildman–Crippen LogP) is 3.20. The molecular weight excluding hydrogens is 275 g/mol. The van der Waals surface area contributed by atoms with Gasteiger partial charge in [-0.2, -0.15) is 0 Å². The average Bonchev–Trinajstić information content (AvgIpc) is 2.40. The van der Waals surface area contributed by atoms with Crippen LogP contribution in [0.5, 0.6) is 0 Å². The second-order valence-electron chi connectivity index (χ2n) is 4.25. The molecule has 0 amide bonds. The van der Waals surface area contributed by atoms with Gasteiger partial charge in [-0.05, 0) is 38.5 Å². The minimum atomic E-state index is -0.200. The summed E-state index contributed by atoms with van der Waals surface area (Å²) in [5.41, 5.74) is 0. The molecule has 0 aliphatic rings. The van der Waals surface area contributed by atoms with Crippen molar-refractivity contribution in [1.29, 1.82) is 0 Å². The molecule has 0 saturated heterocycles. The average molecular weight is 301 g/mol. The standard InChI is InChI=1S/C13H26Cl2O3/c14-7-3-1-5-9-17-12-13(11-16)18-10-6-2-4-8-15/h13,16H,1-12H2. The summed E-state index contributed by atoms with van der Waals surface area (Å²) in [5.74, 6) is 1.42. The van der Waals surface area contributed by atoms with Crippen LogP contribution in [-0.4, -0.2) is 49.4 Å². The minimum Gasteiger partial charge on any atom is -0.394 e. The second-order valence-corrected chi connectivity index (χ2v) is 5.01. The monoisotopic (exact) mass is 300 g/mol. The van der Waals surface area contributed by atoms with E-state index < -0.39 is 0 Å². The number of alkyl halides is 2. The van der Waals surface area contributed by atoms with E-state index in [1.54, 1.807) is 0 Å². The number of hydrogen-bond donors (Lipinski definition) is 1. The zero-order chi connectivity index (χ0) is 13.5. The van der Waals surface area contributed by atoms with E-state index in [1.165, 1.54) is 0 Å². The molecule has 18 heavy (non-hydrogen) atoms. The second kappa shape index (κ2) is 15.5. The van der Waals surface area contributed by atoms with Crippen molar-refractivity contribution >= 4 is 23.2 Å². The smallest absolute Gasteiger partial charge is 0.104 e. The lowest BCUT2D eigenvalue weighted by Crippen LogP contribution is -2.24. The number of hydrogen-bond acceptors (Lipinski definition) is 3. The van der Waals surface area contributed by atoms with Gasteiger partial charge >= 0.3 is 0 Å². The van der Waals surface area contributed by atoms with Gasteiger partial charge in [0.2, 0.25) is 0 Å². The number of rotatable bonds is 14. The zero-order valence-corrected chi connectivity index (χ0v) is 12.6. The van der Waals surface area contributed by atoms with Crippen LogP contribution in [0.15, 0.2) is 0 Å². The van der Waals surface area contributed by atoms with E-state index in [4.69, 9.17) is 37.8 Å². The first-order valence-corrected chi connectivity index (χ1v) is 7.84. The normalized spacial score (nSPS) is 12.8. The van der Waals surface area contributed by atoms with Crippen LogP contribution in [0, 0.1) is 0 Å². The maximum atomic E-state index is 9.13. The highest BCUT2D eigenvalue weighted by Gasteiger charge is 2.07. The van der Waals surface area contributed by atoms with Gasteiger partial charge in [0.05, 0.1) is 13.2 Å². The Hall–Kier alpha value is 0.460. The van der Waals surface area contributed by atoms with Crippen LogP contribution in [0.25, 0.3) is 0 Å². The van der Waals surface area contributed by atoms with Gasteiger partial charge < -0.3 is 14.6 Å². The van der Waals surface area contributed by atoms with E-state index in [0.29, 0.717) is 31.6 Å². The minimum absolute atomic E-state index is 0.0111. The molecule has 0 rings (SSSR count). The molecule has 0 saturated carbocycles. The third kappa shape index (κ3) is 12.9. The first kappa shape index (κ1) is 18.5. The fourth-order valence-electron chi connectivity index (χ4n) is 1.47. The Morgan fingerprint density at radius 3 is 2.00 bits per heavy atom. The van der Waals surface area contributed by atoms with E-state index in [2.05, 4.69) is 0 Å². The molecule has 0 bridgehead atoms. The quantitative estimate of drug-likeness (QED) is 0.395. The van der Waals surface area contributed by atoms with Gasteiger partial charge in [-0.15, -0.1) is 23.2 Å². The largest absolute Gasteiger partial charge is 0.394 e. The molecule has 1 N–H and O–H groups in total. The molecule has 0 heterocycles. The van der Waals surface area contributed by atoms with Crippen LogP contribution in [0.4, 0.5) is 0 Å². The summed E-state index contributed by atoms with van der Waals surface area (Å²) in [4.78, 5) is 0. The lowest BCUT2D eigenvalue weighted by Gasteiger charge is -2.15. The van der Waals surface area contributed by atoms with Crippen molar-refractivity contribution in [3.63, 3.8) is 0 Å². The molecule has 0 spiro atoms. The van der Waals surface area contributed by atoms with Gasteiger partial charge in [-0.3, -0.25) is 0 Å². The summed E-state index contributed by atoms with van der Waals surface area (Å²) in [5, 5.41) is 9.13. The summed E-state index contributed by atoms with van der Waals surface area (Å²) in [7, 11) is 0. The van der Waals surface area contributed by atoms with E-state index in [0.717, 1.165) is 38.5 Å². The third-order valence-corrected chi connectivity index (χ3v) is 3.10. The van der Waals surface area contributed by atoms with Gasteiger partial charge in [-0.1, -0.05) is 0 Å². The van der Waals surface area contributed by atoms with E-state index in [1.807, 2.05) is 0 Å². The fourth-order valence-corrected chi connectivity index (χ4v) is 1.84. The summed E-state index contributed by atoms with van der Waals surface area (Å²) in [6.45, 7) is 1.85. The van der Waals surface area contributed by atoms with E-state index in [9.17, 15) is 0 Å². The van der Waals surface area contributed by atoms with Crippen molar-refractivity contribution in [2.24, 2.45) is 0 Å². The Labute approximate surface area is 121 Å². The van der Waals surface area contributed by atoms with Crippen LogP contribution in [0.3, 0.4) is 0 Å². The molecule has 1 atom stereocenters. The maximum absolute atomic E-state index is 9.13. The number of halogens is 2. The van der Waals surface area contributed by atoms with Crippen LogP contribution in [-0.2, 0) is 9.47 Å². The molecule has 0 aromatic carbocycles. The highest BCUT2D eigenvalue weighted by molar-refractivity contribution is 6.18. The fraction of sp³-hybridized carbons (Fsp3) is 1.00. The van der Waals surface area contributed by atoms with Crippen LogP contribution in [0.1, 0.15) is 38.5 Å². The SMILES string of the molecule is OCC(COCCCCCCl)OCCCCCCl. The number of aliphatic hydroxyl groups is 1. The van der Waals surface area contributed by atoms with Gasteiger partial charge in [0.15, 0.2) is 0 Å². The molecule has 0 fully saturated rings. The summed E-state index contributed by atoms with van der Waals surface area (Å²) >= 11 is 11.2. The highest BCUT2D eigenvalue weighted by atomic mass is 35.5. The molecule has 5 heteroatoms. The van der Waals surface area contributed by atoms with Crippen molar-refractivity contribution < 1.29 is 14.6 Å². The Morgan fingerprint density at radius 1 is 0.833 bits per heavy atom. The summed E-state index contributed by atoms with van der Waals surface area (Å²) < 4.78 is 11.0. The highest BCUT2D eigenvalue weighted by Crippen LogP contribution is 2.02. The first-order valence-electron chi connectivity index (χ1n) is 6.77. The Morgan fingerprint density at radius 2 is 1.44 bits per heavy atom. The van der Waals surface area contributed by atoms with Crippen molar-refractivity contribution in [2.75, 3.05) is 38.2 Å². The van der Waals surface area contributed by atoms with Gasteiger partial charge in [0.1, 0.15) is 6.10 Å². The molecule has 0 radical (unpaired) electrons. The molecule has 1 unspecified atom stereocenters. The van der Waals surface area contributed by atoms with Crippen LogP contribution in [0.2, 0.25) is 0 Å². The molecule has 0 aromatic heterocycles. The van der Waals surface area contributed by atoms with Crippen LogP contribution < -0.4 is 0 Å². The molecule has 0 aliphatic carbocycles. The Bertz CT molecular complexity index is 159. The summed E-state index contributed by atoms with van der Waals surface area (Å²) in [6, 6.07) is 0.